The van der Waals surface area contributed by atoms with Gasteiger partial charge in [0.2, 0.25) is 0 Å². The van der Waals surface area contributed by atoms with Crippen molar-refractivity contribution in [1.29, 1.82) is 0 Å². The van der Waals surface area contributed by atoms with Crippen molar-refractivity contribution >= 4 is 45.0 Å². The van der Waals surface area contributed by atoms with E-state index in [0.29, 0.717) is 32.6 Å². The lowest BCUT2D eigenvalue weighted by Crippen LogP contribution is -2.22. The first-order valence-corrected chi connectivity index (χ1v) is 9.24. The molecular weight excluding hydrogens is 372 g/mol. The summed E-state index contributed by atoms with van der Waals surface area (Å²) in [6.45, 7) is 2.37. The quantitative estimate of drug-likeness (QED) is 0.538. The van der Waals surface area contributed by atoms with Crippen LogP contribution in [0.5, 0.6) is 11.5 Å². The van der Waals surface area contributed by atoms with Crippen LogP contribution in [0.15, 0.2) is 41.2 Å². The third-order valence-electron chi connectivity index (χ3n) is 3.98. The summed E-state index contributed by atoms with van der Waals surface area (Å²) < 4.78 is 13.1. The zero-order valence-electron chi connectivity index (χ0n) is 14.2. The van der Waals surface area contributed by atoms with E-state index in [1.54, 1.807) is 29.7 Å². The maximum Gasteiger partial charge on any atom is 0.274 e. The number of hydrogen-bond donors (Lipinski definition) is 0. The highest BCUT2D eigenvalue weighted by molar-refractivity contribution is 7.15. The molecule has 0 bridgehead atoms. The predicted molar refractivity (Wildman–Crippen MR) is 105 cm³/mol. The van der Waals surface area contributed by atoms with Crippen LogP contribution >= 0.6 is 22.9 Å². The van der Waals surface area contributed by atoms with Crippen LogP contribution in [0.2, 0.25) is 5.02 Å². The Bertz CT molecular complexity index is 1230. The Morgan fingerprint density at radius 3 is 2.88 bits per heavy atom. The van der Waals surface area contributed by atoms with E-state index in [2.05, 4.69) is 4.98 Å². The number of fused-ring (bicyclic) bond motifs is 3. The fourth-order valence-electron chi connectivity index (χ4n) is 2.87. The third kappa shape index (κ3) is 2.71. The maximum atomic E-state index is 12.8. The van der Waals surface area contributed by atoms with Gasteiger partial charge in [-0.05, 0) is 42.8 Å². The number of halogens is 1. The molecule has 2 aromatic heterocycles. The molecule has 0 aliphatic heterocycles. The van der Waals surface area contributed by atoms with Crippen molar-refractivity contribution in [2.24, 2.45) is 0 Å². The van der Waals surface area contributed by atoms with E-state index in [1.807, 2.05) is 31.2 Å². The highest BCUT2D eigenvalue weighted by Gasteiger charge is 2.13. The Kier molecular flexibility index (Phi) is 4.30. The second kappa shape index (κ2) is 6.63. The van der Waals surface area contributed by atoms with Crippen molar-refractivity contribution in [2.75, 3.05) is 13.7 Å². The molecular formula is C19H15ClN2O3S. The molecule has 2 heterocycles. The van der Waals surface area contributed by atoms with Gasteiger partial charge in [0.05, 0.1) is 34.3 Å². The van der Waals surface area contributed by atoms with Gasteiger partial charge >= 0.3 is 0 Å². The summed E-state index contributed by atoms with van der Waals surface area (Å²) in [6, 6.07) is 11.2. The summed E-state index contributed by atoms with van der Waals surface area (Å²) in [6.07, 6.45) is 1.79. The second-order valence-electron chi connectivity index (χ2n) is 5.60. The van der Waals surface area contributed by atoms with Crippen LogP contribution in [-0.2, 0) is 0 Å². The van der Waals surface area contributed by atoms with Crippen molar-refractivity contribution < 1.29 is 9.47 Å². The molecule has 0 amide bonds. The number of thiazole rings is 1. The molecule has 0 aliphatic carbocycles. The summed E-state index contributed by atoms with van der Waals surface area (Å²) >= 11 is 7.66. The Hall–Kier alpha value is -2.57. The van der Waals surface area contributed by atoms with Crippen LogP contribution in [0, 0.1) is 0 Å². The van der Waals surface area contributed by atoms with Crippen LogP contribution < -0.4 is 19.6 Å². The van der Waals surface area contributed by atoms with Crippen molar-refractivity contribution in [3.8, 4) is 11.5 Å². The van der Waals surface area contributed by atoms with Crippen molar-refractivity contribution in [3.63, 3.8) is 0 Å². The number of aromatic nitrogens is 2. The minimum atomic E-state index is -0.0947. The van der Waals surface area contributed by atoms with Gasteiger partial charge in [0, 0.05) is 0 Å². The van der Waals surface area contributed by atoms with E-state index in [4.69, 9.17) is 21.1 Å². The lowest BCUT2D eigenvalue weighted by Gasteiger charge is -2.11. The van der Waals surface area contributed by atoms with Gasteiger partial charge in [0.1, 0.15) is 0 Å². The number of hydrogen-bond acceptors (Lipinski definition) is 5. The van der Waals surface area contributed by atoms with Crippen LogP contribution in [0.25, 0.3) is 22.1 Å². The number of methoxy groups -OCH3 is 1. The van der Waals surface area contributed by atoms with Crippen molar-refractivity contribution in [2.45, 2.75) is 6.92 Å². The molecule has 0 atom stereocenters. The lowest BCUT2D eigenvalue weighted by molar-refractivity contribution is 0.311. The highest BCUT2D eigenvalue weighted by atomic mass is 35.5. The van der Waals surface area contributed by atoms with Gasteiger partial charge in [0.15, 0.2) is 16.5 Å². The molecule has 7 heteroatoms. The van der Waals surface area contributed by atoms with Gasteiger partial charge < -0.3 is 9.47 Å². The minimum absolute atomic E-state index is 0.0947. The minimum Gasteiger partial charge on any atom is -0.493 e. The molecule has 0 saturated carbocycles. The van der Waals surface area contributed by atoms with E-state index in [0.717, 1.165) is 16.6 Å². The van der Waals surface area contributed by atoms with Crippen LogP contribution in [0.4, 0.5) is 0 Å². The van der Waals surface area contributed by atoms with Crippen molar-refractivity contribution in [1.82, 2.24) is 9.38 Å². The van der Waals surface area contributed by atoms with E-state index < -0.39 is 0 Å². The van der Waals surface area contributed by atoms with Crippen molar-refractivity contribution in [3.05, 3.63) is 61.9 Å². The molecule has 4 aromatic rings. The smallest absolute Gasteiger partial charge is 0.274 e. The number of imidazole rings is 1. The zero-order chi connectivity index (χ0) is 18.3. The average molecular weight is 387 g/mol. The summed E-state index contributed by atoms with van der Waals surface area (Å²) in [7, 11) is 1.56. The van der Waals surface area contributed by atoms with Gasteiger partial charge in [0.25, 0.3) is 5.56 Å². The predicted octanol–water partition coefficient (Wildman–Crippen LogP) is 3.52. The molecule has 0 saturated heterocycles. The standard InChI is InChI=1S/C19H15ClN2O3S/c1-3-25-17-12(20)8-11(9-15(17)24-2)10-16-18(23)22-14-7-5-4-6-13(14)21-19(22)26-16/h4-10H,3H2,1-2H3/b16-10-. The highest BCUT2D eigenvalue weighted by Crippen LogP contribution is 2.36. The monoisotopic (exact) mass is 386 g/mol. The third-order valence-corrected chi connectivity index (χ3v) is 5.23. The topological polar surface area (TPSA) is 52.8 Å². The average Bonchev–Trinajstić information content (AvgIpc) is 3.14. The molecule has 0 spiro atoms. The largest absolute Gasteiger partial charge is 0.493 e. The van der Waals surface area contributed by atoms with Gasteiger partial charge in [-0.3, -0.25) is 4.79 Å². The first kappa shape index (κ1) is 16.9. The number of rotatable bonds is 4. The molecule has 132 valence electrons. The lowest BCUT2D eigenvalue weighted by atomic mass is 10.2. The maximum absolute atomic E-state index is 12.8. The van der Waals surface area contributed by atoms with E-state index in [1.165, 1.54) is 11.3 Å². The van der Waals surface area contributed by atoms with Crippen LogP contribution in [-0.4, -0.2) is 23.1 Å². The second-order valence-corrected chi connectivity index (χ2v) is 7.02. The normalized spacial score (nSPS) is 12.2. The molecule has 0 unspecified atom stereocenters. The number of para-hydroxylation sites is 2. The zero-order valence-corrected chi connectivity index (χ0v) is 15.7. The molecule has 0 aliphatic rings. The van der Waals surface area contributed by atoms with Gasteiger partial charge in [-0.1, -0.05) is 35.1 Å². The van der Waals surface area contributed by atoms with Gasteiger partial charge in [-0.2, -0.15) is 0 Å². The van der Waals surface area contributed by atoms with Crippen LogP contribution in [0.1, 0.15) is 12.5 Å². The Labute approximate surface area is 158 Å². The molecule has 26 heavy (non-hydrogen) atoms. The number of ether oxygens (including phenoxy) is 2. The molecule has 0 fully saturated rings. The SMILES string of the molecule is CCOc1c(Cl)cc(/C=c2\sc3nc4ccccc4n3c2=O)cc1OC. The fourth-order valence-corrected chi connectivity index (χ4v) is 4.13. The fraction of sp³-hybridized carbons (Fsp3) is 0.158. The van der Waals surface area contributed by atoms with E-state index in [9.17, 15) is 4.79 Å². The molecule has 0 radical (unpaired) electrons. The van der Waals surface area contributed by atoms with Gasteiger partial charge in [-0.25, -0.2) is 9.38 Å². The van der Waals surface area contributed by atoms with E-state index in [-0.39, 0.29) is 5.56 Å². The Morgan fingerprint density at radius 1 is 1.31 bits per heavy atom. The summed E-state index contributed by atoms with van der Waals surface area (Å²) in [5, 5.41) is 0.441. The first-order valence-electron chi connectivity index (χ1n) is 8.04. The molecule has 2 aromatic carbocycles. The molecule has 5 nitrogen and oxygen atoms in total. The summed E-state index contributed by atoms with van der Waals surface area (Å²) in [4.78, 5) is 18.0. The number of nitrogens with zero attached hydrogens (tertiary/aromatic N) is 2. The molecule has 4 rings (SSSR count). The van der Waals surface area contributed by atoms with Crippen LogP contribution in [0.3, 0.4) is 0 Å². The summed E-state index contributed by atoms with van der Waals surface area (Å²) in [5.74, 6) is 1.04. The Morgan fingerprint density at radius 2 is 2.12 bits per heavy atom. The van der Waals surface area contributed by atoms with E-state index >= 15 is 0 Å². The summed E-state index contributed by atoms with van der Waals surface area (Å²) in [5.41, 5.74) is 2.29. The molecule has 0 N–H and O–H groups in total. The Balaban J connectivity index is 1.90. The van der Waals surface area contributed by atoms with Gasteiger partial charge in [-0.15, -0.1) is 0 Å². The first-order chi connectivity index (χ1) is 12.6. The number of benzene rings is 2.